The van der Waals surface area contributed by atoms with Crippen LogP contribution in [-0.2, 0) is 4.79 Å². The number of primary amides is 1. The maximum absolute atomic E-state index is 12.4. The summed E-state index contributed by atoms with van der Waals surface area (Å²) in [4.78, 5) is 28.9. The number of carbonyl (C=O) groups excluding carboxylic acids is 2. The molecule has 2 rings (SSSR count). The van der Waals surface area contributed by atoms with Crippen LogP contribution in [0.25, 0.3) is 0 Å². The van der Waals surface area contributed by atoms with Crippen molar-refractivity contribution < 1.29 is 14.1 Å². The van der Waals surface area contributed by atoms with Gasteiger partial charge in [0, 0.05) is 6.54 Å². The van der Waals surface area contributed by atoms with E-state index in [1.807, 2.05) is 13.8 Å². The van der Waals surface area contributed by atoms with Gasteiger partial charge >= 0.3 is 0 Å². The number of nitrogens with zero attached hydrogens (tertiary/aromatic N) is 3. The maximum atomic E-state index is 12.4. The molecule has 3 N–H and O–H groups in total. The van der Waals surface area contributed by atoms with E-state index in [2.05, 4.69) is 15.5 Å². The standard InChI is InChI=1S/C13H21N5O3/c1-8(2)6-18(7-10(14)19)13(20)11-16-12(21-17-11)9-4-3-5-15-9/h8-9,15H,3-7H2,1-2H3,(H2,14,19). The lowest BCUT2D eigenvalue weighted by Crippen LogP contribution is -2.41. The molecule has 1 saturated heterocycles. The Morgan fingerprint density at radius 2 is 2.29 bits per heavy atom. The molecule has 0 bridgehead atoms. The zero-order valence-corrected chi connectivity index (χ0v) is 12.3. The molecule has 2 heterocycles. The average molecular weight is 295 g/mol. The Kier molecular flexibility index (Phi) is 4.89. The summed E-state index contributed by atoms with van der Waals surface area (Å²) in [6.45, 7) is 5.06. The molecule has 2 amide bonds. The van der Waals surface area contributed by atoms with Crippen molar-refractivity contribution in [3.05, 3.63) is 11.7 Å². The van der Waals surface area contributed by atoms with Crippen LogP contribution in [0.3, 0.4) is 0 Å². The molecule has 1 aromatic heterocycles. The Hall–Kier alpha value is -1.96. The number of hydrogen-bond donors (Lipinski definition) is 2. The van der Waals surface area contributed by atoms with Gasteiger partial charge in [-0.15, -0.1) is 0 Å². The van der Waals surface area contributed by atoms with E-state index in [1.54, 1.807) is 0 Å². The van der Waals surface area contributed by atoms with Crippen LogP contribution >= 0.6 is 0 Å². The summed E-state index contributed by atoms with van der Waals surface area (Å²) in [7, 11) is 0. The third kappa shape index (κ3) is 4.01. The van der Waals surface area contributed by atoms with Crippen molar-refractivity contribution in [2.75, 3.05) is 19.6 Å². The molecule has 1 aliphatic rings. The number of nitrogens with two attached hydrogens (primary N) is 1. The van der Waals surface area contributed by atoms with Crippen molar-refractivity contribution in [2.45, 2.75) is 32.7 Å². The van der Waals surface area contributed by atoms with E-state index in [4.69, 9.17) is 10.3 Å². The molecule has 0 aliphatic carbocycles. The highest BCUT2D eigenvalue weighted by molar-refractivity contribution is 5.93. The normalized spacial score (nSPS) is 18.1. The molecule has 8 nitrogen and oxygen atoms in total. The first-order valence-electron chi connectivity index (χ1n) is 7.12. The maximum Gasteiger partial charge on any atom is 0.295 e. The number of hydrogen-bond acceptors (Lipinski definition) is 6. The molecule has 8 heteroatoms. The van der Waals surface area contributed by atoms with Crippen molar-refractivity contribution in [3.63, 3.8) is 0 Å². The van der Waals surface area contributed by atoms with E-state index in [0.29, 0.717) is 12.4 Å². The second kappa shape index (κ2) is 6.66. The molecule has 1 unspecified atom stereocenters. The predicted octanol–water partition coefficient (Wildman–Crippen LogP) is 0.0776. The van der Waals surface area contributed by atoms with Gasteiger partial charge in [-0.05, 0) is 25.3 Å². The van der Waals surface area contributed by atoms with Gasteiger partial charge in [-0.3, -0.25) is 9.59 Å². The molecule has 1 atom stereocenters. The van der Waals surface area contributed by atoms with Gasteiger partial charge < -0.3 is 20.5 Å². The molecule has 0 saturated carbocycles. The van der Waals surface area contributed by atoms with Crippen LogP contribution in [0.15, 0.2) is 4.52 Å². The van der Waals surface area contributed by atoms with E-state index >= 15 is 0 Å². The molecule has 21 heavy (non-hydrogen) atoms. The number of nitrogens with one attached hydrogen (secondary N) is 1. The molecular formula is C13H21N5O3. The fraction of sp³-hybridized carbons (Fsp3) is 0.692. The van der Waals surface area contributed by atoms with Gasteiger partial charge in [0.25, 0.3) is 11.7 Å². The fourth-order valence-corrected chi connectivity index (χ4v) is 2.35. The summed E-state index contributed by atoms with van der Waals surface area (Å²) in [5, 5.41) is 6.95. The highest BCUT2D eigenvalue weighted by atomic mass is 16.5. The van der Waals surface area contributed by atoms with E-state index in [-0.39, 0.29) is 24.3 Å². The summed E-state index contributed by atoms with van der Waals surface area (Å²) in [6.07, 6.45) is 1.95. The third-order valence-corrected chi connectivity index (χ3v) is 3.21. The Morgan fingerprint density at radius 1 is 1.52 bits per heavy atom. The van der Waals surface area contributed by atoms with Gasteiger partial charge in [0.15, 0.2) is 0 Å². The van der Waals surface area contributed by atoms with E-state index in [9.17, 15) is 9.59 Å². The predicted molar refractivity (Wildman–Crippen MR) is 74.2 cm³/mol. The molecule has 1 aromatic rings. The van der Waals surface area contributed by atoms with Gasteiger partial charge in [-0.2, -0.15) is 4.98 Å². The molecule has 116 valence electrons. The molecule has 0 aromatic carbocycles. The van der Waals surface area contributed by atoms with Crippen LogP contribution in [0.5, 0.6) is 0 Å². The molecule has 1 aliphatic heterocycles. The number of amides is 2. The Bertz CT molecular complexity index is 508. The van der Waals surface area contributed by atoms with Crippen molar-refractivity contribution >= 4 is 11.8 Å². The first-order valence-corrected chi connectivity index (χ1v) is 7.12. The van der Waals surface area contributed by atoms with E-state index in [0.717, 1.165) is 19.4 Å². The lowest BCUT2D eigenvalue weighted by molar-refractivity contribution is -0.118. The van der Waals surface area contributed by atoms with Gasteiger partial charge in [0.2, 0.25) is 11.8 Å². The second-order valence-electron chi connectivity index (χ2n) is 5.65. The lowest BCUT2D eigenvalue weighted by Gasteiger charge is -2.21. The van der Waals surface area contributed by atoms with Crippen LogP contribution < -0.4 is 11.1 Å². The van der Waals surface area contributed by atoms with E-state index < -0.39 is 11.8 Å². The minimum absolute atomic E-state index is 0.00809. The molecule has 1 fully saturated rings. The smallest absolute Gasteiger partial charge is 0.295 e. The molecular weight excluding hydrogens is 274 g/mol. The zero-order valence-electron chi connectivity index (χ0n) is 12.3. The minimum Gasteiger partial charge on any atom is -0.368 e. The van der Waals surface area contributed by atoms with Crippen LogP contribution in [0.4, 0.5) is 0 Å². The number of rotatable bonds is 6. The van der Waals surface area contributed by atoms with Crippen LogP contribution in [-0.4, -0.2) is 46.5 Å². The summed E-state index contributed by atoms with van der Waals surface area (Å²) < 4.78 is 5.14. The second-order valence-corrected chi connectivity index (χ2v) is 5.65. The van der Waals surface area contributed by atoms with Crippen molar-refractivity contribution in [1.29, 1.82) is 0 Å². The van der Waals surface area contributed by atoms with Gasteiger partial charge in [0.1, 0.15) is 0 Å². The molecule has 0 radical (unpaired) electrons. The summed E-state index contributed by atoms with van der Waals surface area (Å²) in [6, 6.07) is 0.00809. The van der Waals surface area contributed by atoms with Crippen molar-refractivity contribution in [3.8, 4) is 0 Å². The van der Waals surface area contributed by atoms with Gasteiger partial charge in [0.05, 0.1) is 12.6 Å². The minimum atomic E-state index is -0.565. The summed E-state index contributed by atoms with van der Waals surface area (Å²) in [5.74, 6) is -0.406. The van der Waals surface area contributed by atoms with Crippen LogP contribution in [0.1, 0.15) is 49.2 Å². The van der Waals surface area contributed by atoms with Gasteiger partial charge in [-0.1, -0.05) is 19.0 Å². The summed E-state index contributed by atoms with van der Waals surface area (Å²) in [5.41, 5.74) is 5.18. The fourth-order valence-electron chi connectivity index (χ4n) is 2.35. The quantitative estimate of drug-likeness (QED) is 0.768. The van der Waals surface area contributed by atoms with Crippen LogP contribution in [0, 0.1) is 5.92 Å². The van der Waals surface area contributed by atoms with Crippen LogP contribution in [0.2, 0.25) is 0 Å². The Balaban J connectivity index is 2.10. The van der Waals surface area contributed by atoms with Crippen molar-refractivity contribution in [1.82, 2.24) is 20.4 Å². The largest absolute Gasteiger partial charge is 0.368 e. The highest BCUT2D eigenvalue weighted by Crippen LogP contribution is 2.21. The van der Waals surface area contributed by atoms with Crippen molar-refractivity contribution in [2.24, 2.45) is 11.7 Å². The first kappa shape index (κ1) is 15.4. The SMILES string of the molecule is CC(C)CN(CC(N)=O)C(=O)c1noc(C2CCCN2)n1. The Labute approximate surface area is 123 Å². The topological polar surface area (TPSA) is 114 Å². The monoisotopic (exact) mass is 295 g/mol. The summed E-state index contributed by atoms with van der Waals surface area (Å²) >= 11 is 0. The first-order chi connectivity index (χ1) is 9.97. The number of aromatic nitrogens is 2. The van der Waals surface area contributed by atoms with Gasteiger partial charge in [-0.25, -0.2) is 0 Å². The van der Waals surface area contributed by atoms with E-state index in [1.165, 1.54) is 4.90 Å². The zero-order chi connectivity index (χ0) is 15.4. The lowest BCUT2D eigenvalue weighted by atomic mass is 10.2. The Morgan fingerprint density at radius 3 is 2.86 bits per heavy atom. The highest BCUT2D eigenvalue weighted by Gasteiger charge is 2.27. The average Bonchev–Trinajstić information content (AvgIpc) is 3.06. The third-order valence-electron chi connectivity index (χ3n) is 3.21. The molecule has 0 spiro atoms. The number of carbonyl (C=O) groups is 2.